The summed E-state index contributed by atoms with van der Waals surface area (Å²) < 4.78 is 44.8. The van der Waals surface area contributed by atoms with E-state index in [0.717, 1.165) is 5.56 Å². The van der Waals surface area contributed by atoms with E-state index in [-0.39, 0.29) is 36.4 Å². The lowest BCUT2D eigenvalue weighted by Crippen LogP contribution is -2.51. The van der Waals surface area contributed by atoms with Crippen LogP contribution >= 0.6 is 0 Å². The first-order chi connectivity index (χ1) is 19.3. The predicted molar refractivity (Wildman–Crippen MR) is 149 cm³/mol. The van der Waals surface area contributed by atoms with Crippen molar-refractivity contribution in [2.45, 2.75) is 62.2 Å². The van der Waals surface area contributed by atoms with Gasteiger partial charge in [-0.3, -0.25) is 0 Å². The third-order valence-electron chi connectivity index (χ3n) is 7.02. The molecule has 0 saturated carbocycles. The Hall–Kier alpha value is -3.17. The number of nitrogens with zero attached hydrogens (tertiary/aromatic N) is 2. The van der Waals surface area contributed by atoms with E-state index in [1.54, 1.807) is 12.1 Å². The normalized spacial score (nSPS) is 17.5. The topological polar surface area (TPSA) is 138 Å². The summed E-state index contributed by atoms with van der Waals surface area (Å²) in [4.78, 5) is 12.8. The smallest absolute Gasteiger partial charge is 0.407 e. The van der Waals surface area contributed by atoms with Gasteiger partial charge >= 0.3 is 6.09 Å². The SMILES string of the molecule is CCC(CCC#N)CN(C[C@@H](O)[C@H](Cc1ccccc1)NC(=O)OC1CCOC1)S(=O)(=O)c1ccc(OC)cc1. The Kier molecular flexibility index (Phi) is 12.2. The van der Waals surface area contributed by atoms with Crippen molar-refractivity contribution in [2.75, 3.05) is 33.4 Å². The number of carbonyl (C=O) groups is 1. The maximum absolute atomic E-state index is 13.8. The van der Waals surface area contributed by atoms with Gasteiger partial charge in [-0.15, -0.1) is 0 Å². The maximum Gasteiger partial charge on any atom is 0.407 e. The highest BCUT2D eigenvalue weighted by Crippen LogP contribution is 2.24. The lowest BCUT2D eigenvalue weighted by molar-refractivity contribution is 0.0640. The molecule has 1 aliphatic rings. The molecule has 3 rings (SSSR count). The first-order valence-electron chi connectivity index (χ1n) is 13.5. The molecule has 1 fully saturated rings. The molecular weight excluding hydrogens is 534 g/mol. The monoisotopic (exact) mass is 573 g/mol. The Balaban J connectivity index is 1.86. The van der Waals surface area contributed by atoms with Gasteiger partial charge in [0.15, 0.2) is 0 Å². The van der Waals surface area contributed by atoms with Crippen molar-refractivity contribution in [3.8, 4) is 11.8 Å². The van der Waals surface area contributed by atoms with E-state index in [1.807, 2.05) is 37.3 Å². The summed E-state index contributed by atoms with van der Waals surface area (Å²) in [6, 6.07) is 16.7. The second kappa shape index (κ2) is 15.6. The summed E-state index contributed by atoms with van der Waals surface area (Å²) in [5.41, 5.74) is 0.862. The number of aliphatic hydroxyl groups excluding tert-OH is 1. The van der Waals surface area contributed by atoms with Gasteiger partial charge < -0.3 is 24.6 Å². The zero-order valence-electron chi connectivity index (χ0n) is 23.1. The molecule has 0 aliphatic carbocycles. The number of ether oxygens (including phenoxy) is 3. The average Bonchev–Trinajstić information content (AvgIpc) is 3.47. The number of sulfonamides is 1. The minimum absolute atomic E-state index is 0.0591. The van der Waals surface area contributed by atoms with E-state index in [1.165, 1.54) is 23.5 Å². The summed E-state index contributed by atoms with van der Waals surface area (Å²) in [7, 11) is -2.53. The van der Waals surface area contributed by atoms with Crippen LogP contribution in [0.4, 0.5) is 4.79 Å². The number of alkyl carbamates (subject to hydrolysis) is 1. The van der Waals surface area contributed by atoms with Crippen LogP contribution in [0.2, 0.25) is 0 Å². The van der Waals surface area contributed by atoms with E-state index in [4.69, 9.17) is 19.5 Å². The molecule has 0 bridgehead atoms. The van der Waals surface area contributed by atoms with Crippen LogP contribution in [0.5, 0.6) is 5.75 Å². The first-order valence-corrected chi connectivity index (χ1v) is 15.0. The molecule has 1 heterocycles. The fourth-order valence-corrected chi connectivity index (χ4v) is 6.11. The Morgan fingerprint density at radius 2 is 1.93 bits per heavy atom. The highest BCUT2D eigenvalue weighted by molar-refractivity contribution is 7.89. The lowest BCUT2D eigenvalue weighted by atomic mass is 9.99. The van der Waals surface area contributed by atoms with E-state index >= 15 is 0 Å². The van der Waals surface area contributed by atoms with Crippen molar-refractivity contribution in [2.24, 2.45) is 5.92 Å². The van der Waals surface area contributed by atoms with Gasteiger partial charge in [0.05, 0.1) is 43.4 Å². The number of methoxy groups -OCH3 is 1. The van der Waals surface area contributed by atoms with Crippen LogP contribution in [0.15, 0.2) is 59.5 Å². The highest BCUT2D eigenvalue weighted by atomic mass is 32.2. The third kappa shape index (κ3) is 9.20. The summed E-state index contributed by atoms with van der Waals surface area (Å²) in [6.07, 6.45) is 0.0233. The summed E-state index contributed by atoms with van der Waals surface area (Å²) in [5.74, 6) is 0.428. The number of hydrogen-bond acceptors (Lipinski definition) is 8. The largest absolute Gasteiger partial charge is 0.497 e. The molecule has 10 nitrogen and oxygen atoms in total. The fraction of sp³-hybridized carbons (Fsp3) is 0.517. The van der Waals surface area contributed by atoms with Crippen molar-refractivity contribution < 1.29 is 32.5 Å². The Bertz CT molecular complexity index is 1200. The predicted octanol–water partition coefficient (Wildman–Crippen LogP) is 3.50. The summed E-state index contributed by atoms with van der Waals surface area (Å²) in [6.45, 7) is 2.62. The quantitative estimate of drug-likeness (QED) is 0.330. The van der Waals surface area contributed by atoms with Crippen molar-refractivity contribution in [3.63, 3.8) is 0 Å². The number of benzene rings is 2. The fourth-order valence-electron chi connectivity index (χ4n) is 4.58. The van der Waals surface area contributed by atoms with Crippen LogP contribution in [0.1, 0.15) is 38.2 Å². The van der Waals surface area contributed by atoms with Crippen LogP contribution in [0, 0.1) is 17.2 Å². The highest BCUT2D eigenvalue weighted by Gasteiger charge is 2.33. The minimum atomic E-state index is -4.03. The molecule has 0 aromatic heterocycles. The van der Waals surface area contributed by atoms with Crippen molar-refractivity contribution in [1.82, 2.24) is 9.62 Å². The van der Waals surface area contributed by atoms with Crippen LogP contribution in [0.25, 0.3) is 0 Å². The molecule has 40 heavy (non-hydrogen) atoms. The molecule has 1 saturated heterocycles. The van der Waals surface area contributed by atoms with Crippen LogP contribution in [0.3, 0.4) is 0 Å². The molecule has 11 heteroatoms. The van der Waals surface area contributed by atoms with E-state index in [0.29, 0.717) is 44.6 Å². The lowest BCUT2D eigenvalue weighted by Gasteiger charge is -2.31. The van der Waals surface area contributed by atoms with E-state index in [2.05, 4.69) is 11.4 Å². The van der Waals surface area contributed by atoms with Gasteiger partial charge in [-0.2, -0.15) is 9.57 Å². The van der Waals surface area contributed by atoms with Gasteiger partial charge in [0, 0.05) is 25.9 Å². The standard InChI is InChI=1S/C29H39N3O7S/c1-3-22(10-7-16-30)19-32(40(35,36)26-13-11-24(37-2)12-14-26)20-28(33)27(18-23-8-5-4-6-9-23)31-29(34)39-25-15-17-38-21-25/h4-6,8-9,11-14,22,25,27-28,33H,3,7,10,15,17-21H2,1-2H3,(H,31,34)/t22?,25?,27-,28+/m0/s1. The second-order valence-corrected chi connectivity index (χ2v) is 11.8. The van der Waals surface area contributed by atoms with Gasteiger partial charge in [-0.05, 0) is 48.6 Å². The van der Waals surface area contributed by atoms with Crippen molar-refractivity contribution >= 4 is 16.1 Å². The van der Waals surface area contributed by atoms with Gasteiger partial charge in [-0.25, -0.2) is 13.2 Å². The molecule has 4 atom stereocenters. The van der Waals surface area contributed by atoms with Crippen LogP contribution in [-0.2, 0) is 25.9 Å². The molecule has 1 amide bonds. The number of carbonyl (C=O) groups excluding carboxylic acids is 1. The first kappa shape index (κ1) is 31.4. The van der Waals surface area contributed by atoms with E-state index in [9.17, 15) is 18.3 Å². The molecule has 0 spiro atoms. The molecule has 1 aliphatic heterocycles. The molecule has 2 aromatic rings. The number of nitriles is 1. The van der Waals surface area contributed by atoms with Gasteiger partial charge in [0.2, 0.25) is 10.0 Å². The zero-order valence-corrected chi connectivity index (χ0v) is 23.9. The molecular formula is C29H39N3O7S. The van der Waals surface area contributed by atoms with Crippen molar-refractivity contribution in [3.05, 3.63) is 60.2 Å². The maximum atomic E-state index is 13.8. The number of nitrogens with one attached hydrogen (secondary N) is 1. The Morgan fingerprint density at radius 3 is 2.52 bits per heavy atom. The number of hydrogen-bond donors (Lipinski definition) is 2. The third-order valence-corrected chi connectivity index (χ3v) is 8.87. The number of rotatable bonds is 15. The van der Waals surface area contributed by atoms with Crippen LogP contribution < -0.4 is 10.1 Å². The van der Waals surface area contributed by atoms with Crippen LogP contribution in [-0.4, -0.2) is 75.6 Å². The number of amides is 1. The Labute approximate surface area is 236 Å². The molecule has 218 valence electrons. The summed E-state index contributed by atoms with van der Waals surface area (Å²) in [5, 5.41) is 23.3. The molecule has 2 unspecified atom stereocenters. The van der Waals surface area contributed by atoms with E-state index < -0.39 is 28.3 Å². The second-order valence-electron chi connectivity index (χ2n) is 9.87. The van der Waals surface area contributed by atoms with Gasteiger partial charge in [0.25, 0.3) is 0 Å². The average molecular weight is 574 g/mol. The van der Waals surface area contributed by atoms with Gasteiger partial charge in [0.1, 0.15) is 11.9 Å². The molecule has 0 radical (unpaired) electrons. The summed E-state index contributed by atoms with van der Waals surface area (Å²) >= 11 is 0. The number of aliphatic hydroxyl groups is 1. The van der Waals surface area contributed by atoms with Crippen molar-refractivity contribution in [1.29, 1.82) is 5.26 Å². The van der Waals surface area contributed by atoms with Gasteiger partial charge in [-0.1, -0.05) is 43.7 Å². The minimum Gasteiger partial charge on any atom is -0.497 e. The molecule has 2 N–H and O–H groups in total. The zero-order chi connectivity index (χ0) is 29.0. The Morgan fingerprint density at radius 1 is 1.20 bits per heavy atom. The molecule has 2 aromatic carbocycles.